The lowest BCUT2D eigenvalue weighted by atomic mass is 9.74. The van der Waals surface area contributed by atoms with Gasteiger partial charge in [-0.05, 0) is 55.0 Å². The minimum atomic E-state index is 0.116. The SMILES string of the molecule is COc1ccc(C2(CNCc3ccc(C4CC4C)o3)CCOCC2)cc1. The number of benzene rings is 1. The summed E-state index contributed by atoms with van der Waals surface area (Å²) in [4.78, 5) is 0. The molecule has 26 heavy (non-hydrogen) atoms. The van der Waals surface area contributed by atoms with Gasteiger partial charge >= 0.3 is 0 Å². The van der Waals surface area contributed by atoms with Crippen LogP contribution in [0.2, 0.25) is 0 Å². The Hall–Kier alpha value is -1.78. The van der Waals surface area contributed by atoms with Crippen LogP contribution < -0.4 is 10.1 Å². The van der Waals surface area contributed by atoms with Crippen LogP contribution in [-0.4, -0.2) is 26.9 Å². The van der Waals surface area contributed by atoms with Crippen molar-refractivity contribution in [3.8, 4) is 5.75 Å². The van der Waals surface area contributed by atoms with E-state index >= 15 is 0 Å². The van der Waals surface area contributed by atoms with Crippen molar-refractivity contribution in [2.24, 2.45) is 5.92 Å². The van der Waals surface area contributed by atoms with Crippen molar-refractivity contribution in [1.82, 2.24) is 5.32 Å². The van der Waals surface area contributed by atoms with E-state index in [1.54, 1.807) is 7.11 Å². The predicted octanol–water partition coefficient (Wildman–Crippen LogP) is 4.25. The average Bonchev–Trinajstić information content (AvgIpc) is 3.23. The Morgan fingerprint density at radius 1 is 1.12 bits per heavy atom. The van der Waals surface area contributed by atoms with Gasteiger partial charge in [-0.3, -0.25) is 0 Å². The van der Waals surface area contributed by atoms with Crippen molar-refractivity contribution in [1.29, 1.82) is 0 Å². The summed E-state index contributed by atoms with van der Waals surface area (Å²) in [6.45, 7) is 5.63. The van der Waals surface area contributed by atoms with E-state index in [4.69, 9.17) is 13.9 Å². The molecule has 1 aliphatic carbocycles. The minimum Gasteiger partial charge on any atom is -0.497 e. The van der Waals surface area contributed by atoms with Gasteiger partial charge in [0, 0.05) is 31.1 Å². The molecule has 0 spiro atoms. The molecule has 1 aliphatic heterocycles. The Balaban J connectivity index is 1.41. The fraction of sp³-hybridized carbons (Fsp3) is 0.545. The number of hydrogen-bond acceptors (Lipinski definition) is 4. The van der Waals surface area contributed by atoms with Crippen molar-refractivity contribution in [3.63, 3.8) is 0 Å². The van der Waals surface area contributed by atoms with Crippen LogP contribution in [0, 0.1) is 5.92 Å². The van der Waals surface area contributed by atoms with E-state index < -0.39 is 0 Å². The first-order chi connectivity index (χ1) is 12.7. The molecule has 1 saturated heterocycles. The van der Waals surface area contributed by atoms with Gasteiger partial charge in [0.05, 0.1) is 13.7 Å². The van der Waals surface area contributed by atoms with Gasteiger partial charge in [-0.2, -0.15) is 0 Å². The Morgan fingerprint density at radius 2 is 1.85 bits per heavy atom. The Kier molecular flexibility index (Phi) is 5.05. The fourth-order valence-electron chi connectivity index (χ4n) is 4.11. The highest BCUT2D eigenvalue weighted by molar-refractivity contribution is 5.33. The number of methoxy groups -OCH3 is 1. The summed E-state index contributed by atoms with van der Waals surface area (Å²) in [5, 5.41) is 3.64. The molecule has 1 saturated carbocycles. The van der Waals surface area contributed by atoms with Gasteiger partial charge in [0.25, 0.3) is 0 Å². The van der Waals surface area contributed by atoms with Gasteiger partial charge in [0.15, 0.2) is 0 Å². The van der Waals surface area contributed by atoms with Gasteiger partial charge in [0.1, 0.15) is 17.3 Å². The molecule has 2 aliphatic rings. The third-order valence-electron chi connectivity index (χ3n) is 6.07. The van der Waals surface area contributed by atoms with Crippen LogP contribution in [-0.2, 0) is 16.7 Å². The van der Waals surface area contributed by atoms with E-state index in [9.17, 15) is 0 Å². The minimum absolute atomic E-state index is 0.116. The summed E-state index contributed by atoms with van der Waals surface area (Å²) in [6.07, 6.45) is 3.34. The monoisotopic (exact) mass is 355 g/mol. The Labute approximate surface area is 155 Å². The first-order valence-corrected chi connectivity index (χ1v) is 9.72. The third kappa shape index (κ3) is 3.67. The second-order valence-corrected chi connectivity index (χ2v) is 7.85. The zero-order valence-electron chi connectivity index (χ0n) is 15.8. The van der Waals surface area contributed by atoms with Gasteiger partial charge < -0.3 is 19.2 Å². The highest BCUT2D eigenvalue weighted by Crippen LogP contribution is 2.47. The molecule has 0 radical (unpaired) electrons. The van der Waals surface area contributed by atoms with Crippen LogP contribution in [0.1, 0.15) is 49.2 Å². The average molecular weight is 355 g/mol. The van der Waals surface area contributed by atoms with E-state index in [-0.39, 0.29) is 5.41 Å². The molecule has 1 N–H and O–H groups in total. The first-order valence-electron chi connectivity index (χ1n) is 9.72. The number of hydrogen-bond donors (Lipinski definition) is 1. The summed E-state index contributed by atoms with van der Waals surface area (Å²) in [5.41, 5.74) is 1.48. The number of ether oxygens (including phenoxy) is 2. The number of furan rings is 1. The van der Waals surface area contributed by atoms with Gasteiger partial charge in [-0.1, -0.05) is 19.1 Å². The quantitative estimate of drug-likeness (QED) is 0.806. The van der Waals surface area contributed by atoms with Crippen LogP contribution in [0.3, 0.4) is 0 Å². The second-order valence-electron chi connectivity index (χ2n) is 7.85. The molecule has 1 aromatic carbocycles. The molecule has 2 fully saturated rings. The van der Waals surface area contributed by atoms with Crippen molar-refractivity contribution < 1.29 is 13.9 Å². The largest absolute Gasteiger partial charge is 0.497 e. The topological polar surface area (TPSA) is 43.6 Å². The predicted molar refractivity (Wildman–Crippen MR) is 102 cm³/mol. The molecule has 140 valence electrons. The first kappa shape index (κ1) is 17.6. The molecular formula is C22H29NO3. The summed E-state index contributed by atoms with van der Waals surface area (Å²) in [7, 11) is 1.71. The zero-order chi connectivity index (χ0) is 18.0. The molecule has 2 heterocycles. The van der Waals surface area contributed by atoms with Crippen LogP contribution >= 0.6 is 0 Å². The lowest BCUT2D eigenvalue weighted by Gasteiger charge is -2.38. The molecule has 2 unspecified atom stereocenters. The molecule has 0 amide bonds. The van der Waals surface area contributed by atoms with Crippen LogP contribution in [0.4, 0.5) is 0 Å². The van der Waals surface area contributed by atoms with Crippen molar-refractivity contribution in [2.75, 3.05) is 26.9 Å². The molecule has 2 atom stereocenters. The van der Waals surface area contributed by atoms with E-state index in [0.29, 0.717) is 5.92 Å². The fourth-order valence-corrected chi connectivity index (χ4v) is 4.11. The van der Waals surface area contributed by atoms with E-state index in [1.807, 2.05) is 0 Å². The zero-order valence-corrected chi connectivity index (χ0v) is 15.8. The highest BCUT2D eigenvalue weighted by Gasteiger charge is 2.37. The van der Waals surface area contributed by atoms with E-state index in [2.05, 4.69) is 48.6 Å². The number of rotatable bonds is 7. The maximum atomic E-state index is 6.03. The Bertz CT molecular complexity index is 715. The standard InChI is InChI=1S/C22H29NO3/c1-16-13-20(16)21-8-7-19(26-21)14-23-15-22(9-11-25-12-10-22)17-3-5-18(24-2)6-4-17/h3-8,16,20,23H,9-15H2,1-2H3. The molecule has 4 heteroatoms. The lowest BCUT2D eigenvalue weighted by Crippen LogP contribution is -2.42. The van der Waals surface area contributed by atoms with E-state index in [0.717, 1.165) is 62.3 Å². The van der Waals surface area contributed by atoms with Gasteiger partial charge in [-0.15, -0.1) is 0 Å². The van der Waals surface area contributed by atoms with Gasteiger partial charge in [-0.25, -0.2) is 0 Å². The van der Waals surface area contributed by atoms with Crippen molar-refractivity contribution in [2.45, 2.75) is 44.1 Å². The molecule has 4 rings (SSSR count). The molecule has 0 bridgehead atoms. The molecular weight excluding hydrogens is 326 g/mol. The third-order valence-corrected chi connectivity index (χ3v) is 6.07. The molecule has 2 aromatic rings. The van der Waals surface area contributed by atoms with Crippen LogP contribution in [0.25, 0.3) is 0 Å². The maximum Gasteiger partial charge on any atom is 0.118 e. The van der Waals surface area contributed by atoms with Crippen LogP contribution in [0.5, 0.6) is 5.75 Å². The summed E-state index contributed by atoms with van der Waals surface area (Å²) >= 11 is 0. The van der Waals surface area contributed by atoms with Crippen LogP contribution in [0.15, 0.2) is 40.8 Å². The van der Waals surface area contributed by atoms with Crippen molar-refractivity contribution >= 4 is 0 Å². The summed E-state index contributed by atoms with van der Waals surface area (Å²) in [6, 6.07) is 12.8. The smallest absolute Gasteiger partial charge is 0.118 e. The maximum absolute atomic E-state index is 6.03. The summed E-state index contributed by atoms with van der Waals surface area (Å²) < 4.78 is 17.0. The second kappa shape index (κ2) is 7.45. The van der Waals surface area contributed by atoms with E-state index in [1.165, 1.54) is 12.0 Å². The number of nitrogens with one attached hydrogen (secondary N) is 1. The summed E-state index contributed by atoms with van der Waals surface area (Å²) in [5.74, 6) is 4.52. The highest BCUT2D eigenvalue weighted by atomic mass is 16.5. The normalized spacial score (nSPS) is 24.4. The van der Waals surface area contributed by atoms with Gasteiger partial charge in [0.2, 0.25) is 0 Å². The van der Waals surface area contributed by atoms with Crippen molar-refractivity contribution in [3.05, 3.63) is 53.5 Å². The molecule has 1 aromatic heterocycles. The Morgan fingerprint density at radius 3 is 2.50 bits per heavy atom. The lowest BCUT2D eigenvalue weighted by molar-refractivity contribution is 0.0496. The molecule has 4 nitrogen and oxygen atoms in total.